The molecule has 0 bridgehead atoms. The molecular formula is C20H21ClF4N4O2. The molecule has 1 N–H and O–H groups in total. The Morgan fingerprint density at radius 3 is 2.32 bits per heavy atom. The smallest absolute Gasteiger partial charge is 0.329 e. The van der Waals surface area contributed by atoms with Crippen molar-refractivity contribution in [2.75, 3.05) is 18.4 Å². The number of carbonyl (C=O) groups excluding carboxylic acids is 2. The van der Waals surface area contributed by atoms with Crippen molar-refractivity contribution in [3.63, 3.8) is 0 Å². The summed E-state index contributed by atoms with van der Waals surface area (Å²) >= 11 is 5.67. The molecule has 0 atom stereocenters. The Morgan fingerprint density at radius 2 is 1.81 bits per heavy atom. The Hall–Kier alpha value is -2.75. The first-order valence-electron chi connectivity index (χ1n) is 9.57. The van der Waals surface area contributed by atoms with E-state index in [1.54, 1.807) is 0 Å². The molecule has 1 saturated carbocycles. The van der Waals surface area contributed by atoms with Crippen molar-refractivity contribution >= 4 is 29.4 Å². The van der Waals surface area contributed by atoms with Gasteiger partial charge in [-0.05, 0) is 37.0 Å². The first-order chi connectivity index (χ1) is 14.6. The molecule has 31 heavy (non-hydrogen) atoms. The average molecular weight is 461 g/mol. The monoisotopic (exact) mass is 460 g/mol. The van der Waals surface area contributed by atoms with Crippen LogP contribution in [-0.4, -0.2) is 39.8 Å². The molecule has 6 nitrogen and oxygen atoms in total. The lowest BCUT2D eigenvalue weighted by molar-refractivity contribution is -0.140. The van der Waals surface area contributed by atoms with Crippen LogP contribution in [0.4, 0.5) is 23.5 Å². The number of halogens is 5. The maximum atomic E-state index is 13.8. The molecule has 2 aromatic rings. The van der Waals surface area contributed by atoms with Gasteiger partial charge < -0.3 is 4.90 Å². The lowest BCUT2D eigenvalue weighted by atomic mass is 10.1. The fourth-order valence-electron chi connectivity index (χ4n) is 2.61. The van der Waals surface area contributed by atoms with Gasteiger partial charge in [-0.3, -0.25) is 14.9 Å². The average Bonchev–Trinajstić information content (AvgIpc) is 3.53. The molecule has 2 amide bonds. The summed E-state index contributed by atoms with van der Waals surface area (Å²) in [5.74, 6) is -2.71. The van der Waals surface area contributed by atoms with Crippen molar-refractivity contribution < 1.29 is 27.2 Å². The number of aromatic nitrogens is 2. The van der Waals surface area contributed by atoms with Crippen LogP contribution in [0.15, 0.2) is 30.6 Å². The van der Waals surface area contributed by atoms with E-state index in [2.05, 4.69) is 15.3 Å². The van der Waals surface area contributed by atoms with Gasteiger partial charge in [-0.1, -0.05) is 25.4 Å². The molecule has 1 aromatic carbocycles. The largest absolute Gasteiger partial charge is 0.419 e. The molecule has 0 spiro atoms. The highest BCUT2D eigenvalue weighted by Crippen LogP contribution is 2.33. The normalized spacial score (nSPS) is 13.1. The maximum absolute atomic E-state index is 13.8. The zero-order chi connectivity index (χ0) is 23.2. The summed E-state index contributed by atoms with van der Waals surface area (Å²) in [4.78, 5) is 33.8. The van der Waals surface area contributed by atoms with Crippen LogP contribution in [-0.2, 0) is 11.0 Å². The van der Waals surface area contributed by atoms with Crippen molar-refractivity contribution in [2.45, 2.75) is 32.9 Å². The Bertz CT molecular complexity index is 918. The van der Waals surface area contributed by atoms with Crippen LogP contribution < -0.4 is 5.32 Å². The zero-order valence-electron chi connectivity index (χ0n) is 16.8. The van der Waals surface area contributed by atoms with Crippen LogP contribution >= 0.6 is 11.6 Å². The molecule has 0 radical (unpaired) electrons. The molecule has 1 aliphatic carbocycles. The minimum absolute atomic E-state index is 0.0150. The van der Waals surface area contributed by atoms with E-state index in [-0.39, 0.29) is 35.5 Å². The van der Waals surface area contributed by atoms with Crippen molar-refractivity contribution in [1.82, 2.24) is 14.9 Å². The predicted octanol–water partition coefficient (Wildman–Crippen LogP) is 4.81. The standard InChI is InChI=1S/C18H15ClF4N4O2.C2H6/c19-12-6-24-17(25-7-12)26-15(28)9-27(8-10-1-2-10)16(29)11-3-4-13(14(20)5-11)18(21,22)23;1-2/h3-7,10H,1-2,8-9H2,(H,24,25,26,28);1-2H3. The molecule has 168 valence electrons. The van der Waals surface area contributed by atoms with E-state index in [1.807, 2.05) is 13.8 Å². The molecule has 0 aliphatic heterocycles. The first kappa shape index (κ1) is 24.5. The van der Waals surface area contributed by atoms with E-state index in [1.165, 1.54) is 17.3 Å². The third-order valence-corrected chi connectivity index (χ3v) is 4.39. The number of hydrogen-bond donors (Lipinski definition) is 1. The highest BCUT2D eigenvalue weighted by Gasteiger charge is 2.35. The summed E-state index contributed by atoms with van der Waals surface area (Å²) in [5.41, 5.74) is -1.73. The third-order valence-electron chi connectivity index (χ3n) is 4.19. The lowest BCUT2D eigenvalue weighted by Crippen LogP contribution is -2.39. The van der Waals surface area contributed by atoms with Gasteiger partial charge in [-0.2, -0.15) is 13.2 Å². The summed E-state index contributed by atoms with van der Waals surface area (Å²) in [7, 11) is 0. The summed E-state index contributed by atoms with van der Waals surface area (Å²) in [6.45, 7) is 3.85. The quantitative estimate of drug-likeness (QED) is 0.628. The second kappa shape index (κ2) is 10.5. The maximum Gasteiger partial charge on any atom is 0.419 e. The number of carbonyl (C=O) groups is 2. The topological polar surface area (TPSA) is 75.2 Å². The van der Waals surface area contributed by atoms with E-state index in [4.69, 9.17) is 11.6 Å². The van der Waals surface area contributed by atoms with E-state index in [9.17, 15) is 27.2 Å². The number of alkyl halides is 3. The minimum Gasteiger partial charge on any atom is -0.329 e. The van der Waals surface area contributed by atoms with Crippen LogP contribution in [0.25, 0.3) is 0 Å². The molecule has 3 rings (SSSR count). The Kier molecular flexibility index (Phi) is 8.32. The molecule has 1 aliphatic rings. The number of hydrogen-bond acceptors (Lipinski definition) is 4. The predicted molar refractivity (Wildman–Crippen MR) is 107 cm³/mol. The number of anilines is 1. The molecule has 1 heterocycles. The van der Waals surface area contributed by atoms with Gasteiger partial charge in [0.1, 0.15) is 12.4 Å². The molecular weight excluding hydrogens is 440 g/mol. The SMILES string of the molecule is CC.O=C(CN(CC1CC1)C(=O)c1ccc(C(F)(F)F)c(F)c1)Nc1ncc(Cl)cn1. The summed E-state index contributed by atoms with van der Waals surface area (Å²) in [6, 6.07) is 1.94. The molecule has 11 heteroatoms. The summed E-state index contributed by atoms with van der Waals surface area (Å²) < 4.78 is 52.0. The molecule has 0 unspecified atom stereocenters. The first-order valence-corrected chi connectivity index (χ1v) is 9.94. The van der Waals surface area contributed by atoms with Gasteiger partial charge in [0, 0.05) is 12.1 Å². The Labute approximate surface area is 181 Å². The second-order valence-electron chi connectivity index (χ2n) is 6.59. The molecule has 1 fully saturated rings. The van der Waals surface area contributed by atoms with Crippen molar-refractivity contribution in [3.05, 3.63) is 52.6 Å². The van der Waals surface area contributed by atoms with Gasteiger partial charge in [0.25, 0.3) is 5.91 Å². The fourth-order valence-corrected chi connectivity index (χ4v) is 2.70. The highest BCUT2D eigenvalue weighted by molar-refractivity contribution is 6.30. The van der Waals surface area contributed by atoms with Gasteiger partial charge in [-0.25, -0.2) is 14.4 Å². The third kappa shape index (κ3) is 7.16. The second-order valence-corrected chi connectivity index (χ2v) is 7.03. The molecule has 0 saturated heterocycles. The van der Waals surface area contributed by atoms with E-state index in [0.717, 1.165) is 18.9 Å². The number of benzene rings is 1. The lowest BCUT2D eigenvalue weighted by Gasteiger charge is -2.22. The van der Waals surface area contributed by atoms with Crippen LogP contribution in [0.1, 0.15) is 42.6 Å². The van der Waals surface area contributed by atoms with Crippen molar-refractivity contribution in [3.8, 4) is 0 Å². The van der Waals surface area contributed by atoms with Gasteiger partial charge in [0.05, 0.1) is 23.0 Å². The van der Waals surface area contributed by atoms with E-state index >= 15 is 0 Å². The molecule has 1 aromatic heterocycles. The minimum atomic E-state index is -4.86. The number of nitrogens with zero attached hydrogens (tertiary/aromatic N) is 3. The van der Waals surface area contributed by atoms with Gasteiger partial charge in [0.15, 0.2) is 0 Å². The fraction of sp³-hybridized carbons (Fsp3) is 0.400. The number of nitrogens with one attached hydrogen (secondary N) is 1. The van der Waals surface area contributed by atoms with Crippen molar-refractivity contribution in [2.24, 2.45) is 5.92 Å². The van der Waals surface area contributed by atoms with Gasteiger partial charge in [-0.15, -0.1) is 0 Å². The summed E-state index contributed by atoms with van der Waals surface area (Å²) in [5, 5.41) is 2.68. The number of amides is 2. The van der Waals surface area contributed by atoms with Crippen molar-refractivity contribution in [1.29, 1.82) is 0 Å². The van der Waals surface area contributed by atoms with Crippen LogP contribution in [0.3, 0.4) is 0 Å². The zero-order valence-corrected chi connectivity index (χ0v) is 17.6. The van der Waals surface area contributed by atoms with Gasteiger partial charge in [0.2, 0.25) is 11.9 Å². The Balaban J connectivity index is 0.00000166. The van der Waals surface area contributed by atoms with Crippen LogP contribution in [0, 0.1) is 11.7 Å². The number of rotatable bonds is 6. The summed E-state index contributed by atoms with van der Waals surface area (Å²) in [6.07, 6.45) is -0.567. The Morgan fingerprint density at radius 1 is 1.19 bits per heavy atom. The van der Waals surface area contributed by atoms with Gasteiger partial charge >= 0.3 is 6.18 Å². The van der Waals surface area contributed by atoms with Crippen LogP contribution in [0.5, 0.6) is 0 Å². The van der Waals surface area contributed by atoms with E-state index in [0.29, 0.717) is 12.1 Å². The van der Waals surface area contributed by atoms with E-state index < -0.39 is 29.4 Å². The van der Waals surface area contributed by atoms with Crippen LogP contribution in [0.2, 0.25) is 5.02 Å². The highest BCUT2D eigenvalue weighted by atomic mass is 35.5.